The van der Waals surface area contributed by atoms with Gasteiger partial charge in [0.1, 0.15) is 17.7 Å². The molecule has 5 heteroatoms. The maximum atomic E-state index is 13.3. The van der Waals surface area contributed by atoms with Crippen LogP contribution in [0.5, 0.6) is 5.75 Å². The van der Waals surface area contributed by atoms with E-state index in [0.717, 1.165) is 12.1 Å². The Morgan fingerprint density at radius 3 is 2.55 bits per heavy atom. The fourth-order valence-corrected chi connectivity index (χ4v) is 2.39. The predicted octanol–water partition coefficient (Wildman–Crippen LogP) is 3.63. The van der Waals surface area contributed by atoms with Gasteiger partial charge in [-0.05, 0) is 35.9 Å². The summed E-state index contributed by atoms with van der Waals surface area (Å²) in [5.41, 5.74) is 7.09. The van der Waals surface area contributed by atoms with Gasteiger partial charge in [0, 0.05) is 18.0 Å². The van der Waals surface area contributed by atoms with Gasteiger partial charge in [0.05, 0.1) is 0 Å². The largest absolute Gasteiger partial charge is 0.485 e. The van der Waals surface area contributed by atoms with Crippen LogP contribution in [-0.4, -0.2) is 0 Å². The first-order valence-corrected chi connectivity index (χ1v) is 6.21. The van der Waals surface area contributed by atoms with Gasteiger partial charge in [-0.2, -0.15) is 0 Å². The van der Waals surface area contributed by atoms with E-state index in [2.05, 4.69) is 0 Å². The molecule has 0 spiro atoms. The van der Waals surface area contributed by atoms with Crippen molar-refractivity contribution in [2.24, 2.45) is 5.73 Å². The van der Waals surface area contributed by atoms with E-state index in [9.17, 15) is 13.2 Å². The third-order valence-electron chi connectivity index (χ3n) is 3.42. The number of hydrogen-bond donors (Lipinski definition) is 1. The summed E-state index contributed by atoms with van der Waals surface area (Å²) in [6, 6.07) is 7.32. The van der Waals surface area contributed by atoms with Crippen LogP contribution < -0.4 is 10.5 Å². The molecular weight excluding hydrogens is 267 g/mol. The van der Waals surface area contributed by atoms with Crippen LogP contribution in [0.3, 0.4) is 0 Å². The van der Waals surface area contributed by atoms with Crippen LogP contribution in [0.15, 0.2) is 36.4 Å². The molecule has 3 rings (SSSR count). The summed E-state index contributed by atoms with van der Waals surface area (Å²) in [5.74, 6) is -1.74. The topological polar surface area (TPSA) is 35.2 Å². The average Bonchev–Trinajstić information content (AvgIpc) is 2.42. The van der Waals surface area contributed by atoms with Gasteiger partial charge >= 0.3 is 0 Å². The lowest BCUT2D eigenvalue weighted by molar-refractivity contribution is 0.160. The maximum absolute atomic E-state index is 13.3. The quantitative estimate of drug-likeness (QED) is 0.865. The molecule has 1 aliphatic heterocycles. The van der Waals surface area contributed by atoms with Gasteiger partial charge in [0.2, 0.25) is 0 Å². The third-order valence-corrected chi connectivity index (χ3v) is 3.42. The fourth-order valence-electron chi connectivity index (χ4n) is 2.39. The molecule has 1 unspecified atom stereocenters. The van der Waals surface area contributed by atoms with E-state index in [1.54, 1.807) is 0 Å². The van der Waals surface area contributed by atoms with E-state index < -0.39 is 23.8 Å². The number of halogens is 3. The average molecular weight is 279 g/mol. The van der Waals surface area contributed by atoms with Crippen LogP contribution in [0.25, 0.3) is 0 Å². The van der Waals surface area contributed by atoms with Crippen molar-refractivity contribution in [3.05, 3.63) is 65.0 Å². The number of benzene rings is 2. The molecule has 0 saturated carbocycles. The second kappa shape index (κ2) is 4.83. The highest BCUT2D eigenvalue weighted by atomic mass is 19.2. The minimum absolute atomic E-state index is 0.377. The molecule has 0 bridgehead atoms. The van der Waals surface area contributed by atoms with E-state index in [1.807, 2.05) is 0 Å². The highest BCUT2D eigenvalue weighted by Crippen LogP contribution is 2.40. The molecule has 2 aromatic rings. The molecule has 0 fully saturated rings. The summed E-state index contributed by atoms with van der Waals surface area (Å²) in [6.45, 7) is 0. The second-order valence-corrected chi connectivity index (χ2v) is 4.80. The Kier molecular flexibility index (Phi) is 3.14. The van der Waals surface area contributed by atoms with Crippen molar-refractivity contribution in [3.8, 4) is 5.75 Å². The maximum Gasteiger partial charge on any atom is 0.159 e. The van der Waals surface area contributed by atoms with Crippen LogP contribution in [0.4, 0.5) is 13.2 Å². The van der Waals surface area contributed by atoms with Crippen molar-refractivity contribution in [2.75, 3.05) is 0 Å². The Labute approximate surface area is 114 Å². The lowest BCUT2D eigenvalue weighted by Crippen LogP contribution is -2.24. The van der Waals surface area contributed by atoms with Gasteiger partial charge in [-0.25, -0.2) is 13.2 Å². The summed E-state index contributed by atoms with van der Waals surface area (Å²) >= 11 is 0. The van der Waals surface area contributed by atoms with Crippen molar-refractivity contribution >= 4 is 0 Å². The third kappa shape index (κ3) is 2.25. The number of rotatable bonds is 1. The Balaban J connectivity index is 1.94. The normalized spacial score (nSPS) is 21.2. The van der Waals surface area contributed by atoms with Gasteiger partial charge in [0.15, 0.2) is 11.6 Å². The lowest BCUT2D eigenvalue weighted by atomic mass is 9.93. The Hall–Kier alpha value is -2.01. The van der Waals surface area contributed by atoms with Gasteiger partial charge in [-0.3, -0.25) is 0 Å². The zero-order valence-corrected chi connectivity index (χ0v) is 10.4. The first-order chi connectivity index (χ1) is 9.54. The summed E-state index contributed by atoms with van der Waals surface area (Å²) in [4.78, 5) is 0. The molecule has 104 valence electrons. The second-order valence-electron chi connectivity index (χ2n) is 4.80. The van der Waals surface area contributed by atoms with Gasteiger partial charge in [0.25, 0.3) is 0 Å². The molecule has 20 heavy (non-hydrogen) atoms. The summed E-state index contributed by atoms with van der Waals surface area (Å²) in [5, 5.41) is 0. The number of fused-ring (bicyclic) bond motifs is 1. The fraction of sp³-hybridized carbons (Fsp3) is 0.200. The first kappa shape index (κ1) is 13.0. The van der Waals surface area contributed by atoms with Crippen molar-refractivity contribution < 1.29 is 17.9 Å². The molecule has 0 amide bonds. The van der Waals surface area contributed by atoms with Crippen molar-refractivity contribution in [3.63, 3.8) is 0 Å². The van der Waals surface area contributed by atoms with E-state index in [0.29, 0.717) is 23.3 Å². The molecule has 2 aromatic carbocycles. The molecule has 1 aliphatic rings. The van der Waals surface area contributed by atoms with E-state index in [4.69, 9.17) is 10.5 Å². The molecule has 2 atom stereocenters. The van der Waals surface area contributed by atoms with Crippen molar-refractivity contribution in [1.82, 2.24) is 0 Å². The molecule has 2 N–H and O–H groups in total. The van der Waals surface area contributed by atoms with Gasteiger partial charge in [-0.1, -0.05) is 6.07 Å². The highest BCUT2D eigenvalue weighted by Gasteiger charge is 2.28. The Morgan fingerprint density at radius 2 is 1.80 bits per heavy atom. The SMILES string of the molecule is N[C@@H]1CC(c2ccc(F)c(F)c2)Oc2ccc(F)cc21. The lowest BCUT2D eigenvalue weighted by Gasteiger charge is -2.30. The molecule has 1 heterocycles. The number of hydrogen-bond acceptors (Lipinski definition) is 2. The Bertz CT molecular complexity index is 660. The smallest absolute Gasteiger partial charge is 0.159 e. The minimum atomic E-state index is -0.926. The molecule has 0 aromatic heterocycles. The van der Waals surface area contributed by atoms with E-state index in [-0.39, 0.29) is 5.82 Å². The van der Waals surface area contributed by atoms with Crippen LogP contribution in [0, 0.1) is 17.5 Å². The number of nitrogens with two attached hydrogens (primary N) is 1. The van der Waals surface area contributed by atoms with Crippen molar-refractivity contribution in [1.29, 1.82) is 0 Å². The first-order valence-electron chi connectivity index (χ1n) is 6.21. The van der Waals surface area contributed by atoms with Crippen molar-refractivity contribution in [2.45, 2.75) is 18.6 Å². The number of ether oxygens (including phenoxy) is 1. The molecular formula is C15H12F3NO. The predicted molar refractivity (Wildman–Crippen MR) is 67.7 cm³/mol. The minimum Gasteiger partial charge on any atom is -0.485 e. The van der Waals surface area contributed by atoms with Gasteiger partial charge in [-0.15, -0.1) is 0 Å². The molecule has 0 radical (unpaired) electrons. The highest BCUT2D eigenvalue weighted by molar-refractivity contribution is 5.39. The summed E-state index contributed by atoms with van der Waals surface area (Å²) in [6.07, 6.45) is -0.0975. The molecule has 0 aliphatic carbocycles. The van der Waals surface area contributed by atoms with Crippen LogP contribution in [0.1, 0.15) is 29.7 Å². The standard InChI is InChI=1S/C15H12F3NO/c16-9-2-4-14-10(6-9)13(19)7-15(20-14)8-1-3-11(17)12(18)5-8/h1-6,13,15H,7,19H2/t13-,15?/m1/s1. The summed E-state index contributed by atoms with van der Waals surface area (Å²) in [7, 11) is 0. The zero-order chi connectivity index (χ0) is 14.3. The van der Waals surface area contributed by atoms with E-state index in [1.165, 1.54) is 24.3 Å². The summed E-state index contributed by atoms with van der Waals surface area (Å²) < 4.78 is 45.1. The van der Waals surface area contributed by atoms with E-state index >= 15 is 0 Å². The Morgan fingerprint density at radius 1 is 1.00 bits per heavy atom. The molecule has 0 saturated heterocycles. The van der Waals surface area contributed by atoms with Crippen LogP contribution in [-0.2, 0) is 0 Å². The monoisotopic (exact) mass is 279 g/mol. The van der Waals surface area contributed by atoms with Gasteiger partial charge < -0.3 is 10.5 Å². The van der Waals surface area contributed by atoms with Crippen LogP contribution in [0.2, 0.25) is 0 Å². The zero-order valence-electron chi connectivity index (χ0n) is 10.4. The molecule has 2 nitrogen and oxygen atoms in total. The van der Waals surface area contributed by atoms with Crippen LogP contribution >= 0.6 is 0 Å².